The van der Waals surface area contributed by atoms with Crippen molar-refractivity contribution >= 4 is 22.7 Å². The van der Waals surface area contributed by atoms with Gasteiger partial charge in [-0.15, -0.1) is 0 Å². The predicted molar refractivity (Wildman–Crippen MR) is 104 cm³/mol. The van der Waals surface area contributed by atoms with E-state index >= 15 is 0 Å². The van der Waals surface area contributed by atoms with Gasteiger partial charge in [0.25, 0.3) is 0 Å². The Hall–Kier alpha value is -3.41. The first kappa shape index (κ1) is 19.4. The van der Waals surface area contributed by atoms with Crippen molar-refractivity contribution in [3.05, 3.63) is 75.6 Å². The number of fused-ring (bicyclic) bond motifs is 1. The number of carbonyl (C=O) groups is 2. The van der Waals surface area contributed by atoms with E-state index in [2.05, 4.69) is 4.74 Å². The molecule has 1 aromatic heterocycles. The lowest BCUT2D eigenvalue weighted by Crippen LogP contribution is -2.23. The molecule has 0 aliphatic carbocycles. The molecule has 0 saturated heterocycles. The molecule has 3 rings (SSSR count). The summed E-state index contributed by atoms with van der Waals surface area (Å²) in [4.78, 5) is 36.2. The summed E-state index contributed by atoms with van der Waals surface area (Å²) in [6, 6.07) is 13.9. The fraction of sp³-hybridized carbons (Fsp3) is 0.227. The van der Waals surface area contributed by atoms with Gasteiger partial charge in [-0.05, 0) is 31.5 Å². The number of benzene rings is 2. The Morgan fingerprint density at radius 2 is 1.82 bits per heavy atom. The molecule has 28 heavy (non-hydrogen) atoms. The van der Waals surface area contributed by atoms with Crippen LogP contribution in [0, 0.1) is 6.92 Å². The molecule has 0 saturated carbocycles. The maximum absolute atomic E-state index is 12.5. The highest BCUT2D eigenvalue weighted by Gasteiger charge is 2.19. The molecule has 144 valence electrons. The van der Waals surface area contributed by atoms with Gasteiger partial charge >= 0.3 is 11.6 Å². The maximum atomic E-state index is 12.5. The number of carbonyl (C=O) groups excluding carboxylic acids is 2. The average molecular weight is 380 g/mol. The van der Waals surface area contributed by atoms with Crippen molar-refractivity contribution in [3.8, 4) is 5.75 Å². The molecule has 1 heterocycles. The van der Waals surface area contributed by atoms with E-state index in [0.29, 0.717) is 27.8 Å². The van der Waals surface area contributed by atoms with Crippen LogP contribution >= 0.6 is 0 Å². The molecule has 0 aliphatic heterocycles. The molecule has 0 spiro atoms. The number of hydrogen-bond acceptors (Lipinski definition) is 6. The van der Waals surface area contributed by atoms with Gasteiger partial charge in [-0.2, -0.15) is 0 Å². The van der Waals surface area contributed by atoms with E-state index in [1.54, 1.807) is 56.3 Å². The second kappa shape index (κ2) is 8.08. The summed E-state index contributed by atoms with van der Waals surface area (Å²) >= 11 is 0. The van der Waals surface area contributed by atoms with E-state index in [-0.39, 0.29) is 17.8 Å². The molecule has 0 amide bonds. The Balaban J connectivity index is 1.88. The lowest BCUT2D eigenvalue weighted by atomic mass is 10.0. The largest absolute Gasteiger partial charge is 0.482 e. The van der Waals surface area contributed by atoms with E-state index in [0.717, 1.165) is 0 Å². The third kappa shape index (κ3) is 3.96. The zero-order valence-electron chi connectivity index (χ0n) is 15.9. The van der Waals surface area contributed by atoms with Crippen LogP contribution in [0.15, 0.2) is 57.7 Å². The van der Waals surface area contributed by atoms with Gasteiger partial charge in [-0.25, -0.2) is 4.79 Å². The maximum Gasteiger partial charge on any atom is 0.340 e. The van der Waals surface area contributed by atoms with Gasteiger partial charge in [-0.3, -0.25) is 9.59 Å². The highest BCUT2D eigenvalue weighted by Crippen LogP contribution is 2.25. The van der Waals surface area contributed by atoms with Gasteiger partial charge in [0.05, 0.1) is 19.1 Å². The summed E-state index contributed by atoms with van der Waals surface area (Å²) in [5.41, 5.74) is 1.21. The quantitative estimate of drug-likeness (QED) is 0.370. The number of methoxy groups -OCH3 is 1. The van der Waals surface area contributed by atoms with E-state index in [9.17, 15) is 14.4 Å². The third-order valence-corrected chi connectivity index (χ3v) is 4.55. The van der Waals surface area contributed by atoms with Crippen molar-refractivity contribution in [2.75, 3.05) is 7.11 Å². The summed E-state index contributed by atoms with van der Waals surface area (Å²) in [5.74, 6) is -0.248. The molecule has 0 bridgehead atoms. The van der Waals surface area contributed by atoms with Crippen molar-refractivity contribution in [1.29, 1.82) is 0 Å². The van der Waals surface area contributed by atoms with Crippen LogP contribution in [0.1, 0.15) is 28.4 Å². The molecule has 2 aromatic carbocycles. The second-order valence-corrected chi connectivity index (χ2v) is 6.39. The standard InChI is InChI=1S/C22H20O6/c1-13-17-10-9-16(27-14(2)21(24)15-7-5-4-6-8-15)11-19(17)28-22(25)18(13)12-20(23)26-3/h4-11,14H,12H2,1-3H3/t14-/m1/s1. The topological polar surface area (TPSA) is 82.8 Å². The molecule has 0 unspecified atom stereocenters. The number of hydrogen-bond donors (Lipinski definition) is 0. The lowest BCUT2D eigenvalue weighted by molar-refractivity contribution is -0.139. The molecule has 6 nitrogen and oxygen atoms in total. The molecule has 0 N–H and O–H groups in total. The normalized spacial score (nSPS) is 11.8. The number of rotatable bonds is 6. The van der Waals surface area contributed by atoms with E-state index in [1.807, 2.05) is 6.07 Å². The molecule has 0 fully saturated rings. The molecule has 6 heteroatoms. The van der Waals surface area contributed by atoms with Crippen molar-refractivity contribution in [3.63, 3.8) is 0 Å². The molecule has 0 aliphatic rings. The van der Waals surface area contributed by atoms with Crippen molar-refractivity contribution in [1.82, 2.24) is 0 Å². The van der Waals surface area contributed by atoms with Crippen LogP contribution < -0.4 is 10.4 Å². The molecular weight excluding hydrogens is 360 g/mol. The van der Waals surface area contributed by atoms with Gasteiger partial charge in [0.15, 0.2) is 6.10 Å². The Bertz CT molecular complexity index is 1080. The third-order valence-electron chi connectivity index (χ3n) is 4.55. The van der Waals surface area contributed by atoms with Crippen LogP contribution in [0.25, 0.3) is 11.0 Å². The summed E-state index contributed by atoms with van der Waals surface area (Å²) in [6.07, 6.45) is -0.854. The zero-order chi connectivity index (χ0) is 20.3. The summed E-state index contributed by atoms with van der Waals surface area (Å²) in [5, 5.41) is 0.688. The second-order valence-electron chi connectivity index (χ2n) is 6.39. The van der Waals surface area contributed by atoms with Crippen LogP contribution in [-0.4, -0.2) is 25.0 Å². The minimum absolute atomic E-state index is 0.147. The SMILES string of the molecule is COC(=O)Cc1c(C)c2ccc(O[C@H](C)C(=O)c3ccccc3)cc2oc1=O. The van der Waals surface area contributed by atoms with Crippen LogP contribution in [0.4, 0.5) is 0 Å². The van der Waals surface area contributed by atoms with Gasteiger partial charge in [0, 0.05) is 17.0 Å². The highest BCUT2D eigenvalue weighted by atomic mass is 16.5. The number of esters is 1. The van der Waals surface area contributed by atoms with Crippen molar-refractivity contribution in [2.24, 2.45) is 0 Å². The number of ketones is 1. The summed E-state index contributed by atoms with van der Waals surface area (Å²) in [7, 11) is 1.27. The van der Waals surface area contributed by atoms with E-state index < -0.39 is 17.7 Å². The van der Waals surface area contributed by atoms with Crippen molar-refractivity contribution < 1.29 is 23.5 Å². The Morgan fingerprint density at radius 1 is 1.11 bits per heavy atom. The first-order valence-corrected chi connectivity index (χ1v) is 8.79. The van der Waals surface area contributed by atoms with Gasteiger partial charge in [0.1, 0.15) is 11.3 Å². The van der Waals surface area contributed by atoms with E-state index in [4.69, 9.17) is 9.15 Å². The average Bonchev–Trinajstić information content (AvgIpc) is 2.70. The molecular formula is C22H20O6. The van der Waals surface area contributed by atoms with E-state index in [1.165, 1.54) is 7.11 Å². The van der Waals surface area contributed by atoms with Gasteiger partial charge in [0.2, 0.25) is 5.78 Å². The van der Waals surface area contributed by atoms with Gasteiger partial charge in [-0.1, -0.05) is 30.3 Å². The monoisotopic (exact) mass is 380 g/mol. The minimum Gasteiger partial charge on any atom is -0.482 e. The highest BCUT2D eigenvalue weighted by molar-refractivity contribution is 5.99. The zero-order valence-corrected chi connectivity index (χ0v) is 15.9. The van der Waals surface area contributed by atoms with Crippen LogP contribution in [-0.2, 0) is 16.0 Å². The molecule has 0 radical (unpaired) electrons. The number of Topliss-reactive ketones (excluding diaryl/α,β-unsaturated/α-hetero) is 1. The number of ether oxygens (including phenoxy) is 2. The fourth-order valence-corrected chi connectivity index (χ4v) is 2.96. The first-order valence-electron chi connectivity index (χ1n) is 8.79. The predicted octanol–water partition coefficient (Wildman–Crippen LogP) is 3.47. The Morgan fingerprint density at radius 3 is 2.50 bits per heavy atom. The molecule has 1 atom stereocenters. The smallest absolute Gasteiger partial charge is 0.340 e. The van der Waals surface area contributed by atoms with Crippen molar-refractivity contribution in [2.45, 2.75) is 26.4 Å². The van der Waals surface area contributed by atoms with Crippen LogP contribution in [0.2, 0.25) is 0 Å². The number of aryl methyl sites for hydroxylation is 1. The lowest BCUT2D eigenvalue weighted by Gasteiger charge is -2.14. The van der Waals surface area contributed by atoms with Crippen LogP contribution in [0.5, 0.6) is 5.75 Å². The Kier molecular flexibility index (Phi) is 5.59. The first-order chi connectivity index (χ1) is 13.4. The molecule has 3 aromatic rings. The minimum atomic E-state index is -0.703. The van der Waals surface area contributed by atoms with Crippen LogP contribution in [0.3, 0.4) is 0 Å². The summed E-state index contributed by atoms with van der Waals surface area (Å²) < 4.78 is 15.7. The summed E-state index contributed by atoms with van der Waals surface area (Å²) in [6.45, 7) is 3.42. The van der Waals surface area contributed by atoms with Gasteiger partial charge < -0.3 is 13.9 Å². The fourth-order valence-electron chi connectivity index (χ4n) is 2.96. The Labute approximate surface area is 161 Å².